The predicted molar refractivity (Wildman–Crippen MR) is 110 cm³/mol. The fourth-order valence-electron chi connectivity index (χ4n) is 3.07. The maximum Gasteiger partial charge on any atom is 0.243 e. The second-order valence-corrected chi connectivity index (χ2v) is 8.55. The summed E-state index contributed by atoms with van der Waals surface area (Å²) in [5.74, 6) is 1.26. The Labute approximate surface area is 171 Å². The monoisotopic (exact) mass is 415 g/mol. The summed E-state index contributed by atoms with van der Waals surface area (Å²) in [5, 5.41) is 4.15. The molecule has 154 valence electrons. The van der Waals surface area contributed by atoms with E-state index in [1.54, 1.807) is 55.4 Å². The first-order chi connectivity index (χ1) is 13.9. The molecule has 2 aromatic carbocycles. The van der Waals surface area contributed by atoms with Gasteiger partial charge in [0.2, 0.25) is 10.0 Å². The van der Waals surface area contributed by atoms with Crippen LogP contribution in [0.15, 0.2) is 65.8 Å². The van der Waals surface area contributed by atoms with Crippen molar-refractivity contribution in [3.63, 3.8) is 0 Å². The molecule has 0 saturated heterocycles. The number of hydrogen-bond donors (Lipinski definition) is 0. The Kier molecular flexibility index (Phi) is 6.56. The van der Waals surface area contributed by atoms with Crippen molar-refractivity contribution < 1.29 is 17.9 Å². The molecule has 0 bridgehead atoms. The van der Waals surface area contributed by atoms with E-state index in [1.165, 1.54) is 4.31 Å². The summed E-state index contributed by atoms with van der Waals surface area (Å²) >= 11 is 0. The molecule has 0 N–H and O–H groups in total. The summed E-state index contributed by atoms with van der Waals surface area (Å²) in [6.45, 7) is 0.569. The second-order valence-electron chi connectivity index (χ2n) is 6.61. The topological polar surface area (TPSA) is 73.7 Å². The van der Waals surface area contributed by atoms with Gasteiger partial charge in [-0.1, -0.05) is 24.3 Å². The minimum atomic E-state index is -3.65. The SMILES string of the molecule is COc1ccc(CCN(Cc2cnn(C)c2)S(=O)(=O)c2ccccc2)cc1OC. The molecule has 1 aromatic heterocycles. The Morgan fingerprint density at radius 3 is 2.34 bits per heavy atom. The molecule has 3 rings (SSSR count). The van der Waals surface area contributed by atoms with Gasteiger partial charge < -0.3 is 9.47 Å². The Hall–Kier alpha value is -2.84. The summed E-state index contributed by atoms with van der Waals surface area (Å²) in [6, 6.07) is 14.1. The van der Waals surface area contributed by atoms with E-state index in [2.05, 4.69) is 5.10 Å². The first-order valence-corrected chi connectivity index (χ1v) is 10.6. The van der Waals surface area contributed by atoms with E-state index >= 15 is 0 Å². The van der Waals surface area contributed by atoms with Crippen molar-refractivity contribution in [3.8, 4) is 11.5 Å². The molecular weight excluding hydrogens is 390 g/mol. The van der Waals surface area contributed by atoms with Crippen LogP contribution in [0.5, 0.6) is 11.5 Å². The average molecular weight is 416 g/mol. The average Bonchev–Trinajstić information content (AvgIpc) is 3.16. The van der Waals surface area contributed by atoms with Gasteiger partial charge >= 0.3 is 0 Å². The molecule has 0 fully saturated rings. The van der Waals surface area contributed by atoms with Crippen LogP contribution in [0.1, 0.15) is 11.1 Å². The van der Waals surface area contributed by atoms with Crippen molar-refractivity contribution in [3.05, 3.63) is 72.1 Å². The minimum absolute atomic E-state index is 0.248. The zero-order valence-electron chi connectivity index (χ0n) is 16.8. The van der Waals surface area contributed by atoms with Crippen molar-refractivity contribution in [1.82, 2.24) is 14.1 Å². The summed E-state index contributed by atoms with van der Waals surface area (Å²) in [7, 11) is 1.32. The van der Waals surface area contributed by atoms with Crippen LogP contribution in [0.25, 0.3) is 0 Å². The van der Waals surface area contributed by atoms with Gasteiger partial charge in [-0.2, -0.15) is 9.40 Å². The van der Waals surface area contributed by atoms with Gasteiger partial charge in [-0.3, -0.25) is 4.68 Å². The molecule has 0 unspecified atom stereocenters. The third-order valence-electron chi connectivity index (χ3n) is 4.60. The van der Waals surface area contributed by atoms with Gasteiger partial charge in [0.1, 0.15) is 0 Å². The first-order valence-electron chi connectivity index (χ1n) is 9.17. The molecular formula is C21H25N3O4S. The molecule has 0 aliphatic heterocycles. The lowest BCUT2D eigenvalue weighted by molar-refractivity contribution is 0.354. The third kappa shape index (κ3) is 4.96. The Morgan fingerprint density at radius 2 is 1.72 bits per heavy atom. The number of sulfonamides is 1. The van der Waals surface area contributed by atoms with Crippen molar-refractivity contribution >= 4 is 10.0 Å². The van der Waals surface area contributed by atoms with E-state index in [1.807, 2.05) is 31.4 Å². The highest BCUT2D eigenvalue weighted by Gasteiger charge is 2.25. The molecule has 29 heavy (non-hydrogen) atoms. The number of ether oxygens (including phenoxy) is 2. The lowest BCUT2D eigenvalue weighted by Crippen LogP contribution is -2.32. The van der Waals surface area contributed by atoms with Gasteiger partial charge in [0.25, 0.3) is 0 Å². The summed E-state index contributed by atoms with van der Waals surface area (Å²) in [4.78, 5) is 0.274. The summed E-state index contributed by atoms with van der Waals surface area (Å²) in [5.41, 5.74) is 1.79. The van der Waals surface area contributed by atoms with Gasteiger partial charge in [-0.05, 0) is 36.2 Å². The lowest BCUT2D eigenvalue weighted by atomic mass is 10.1. The van der Waals surface area contributed by atoms with Crippen LogP contribution in [0, 0.1) is 0 Å². The number of hydrogen-bond acceptors (Lipinski definition) is 5. The number of aryl methyl sites for hydroxylation is 1. The highest BCUT2D eigenvalue weighted by molar-refractivity contribution is 7.89. The third-order valence-corrected chi connectivity index (χ3v) is 6.46. The number of benzene rings is 2. The number of methoxy groups -OCH3 is 2. The standard InChI is InChI=1S/C21H25N3O4S/c1-23-15-18(14-22-23)16-24(29(25,26)19-7-5-4-6-8-19)12-11-17-9-10-20(27-2)21(13-17)28-3/h4-10,13-15H,11-12,16H2,1-3H3. The zero-order valence-corrected chi connectivity index (χ0v) is 17.6. The Balaban J connectivity index is 1.85. The van der Waals surface area contributed by atoms with E-state index in [-0.39, 0.29) is 11.4 Å². The van der Waals surface area contributed by atoms with Crippen molar-refractivity contribution in [2.45, 2.75) is 17.9 Å². The second kappa shape index (κ2) is 9.11. The van der Waals surface area contributed by atoms with Crippen LogP contribution in [0.2, 0.25) is 0 Å². The van der Waals surface area contributed by atoms with E-state index < -0.39 is 10.0 Å². The minimum Gasteiger partial charge on any atom is -0.493 e. The fourth-order valence-corrected chi connectivity index (χ4v) is 4.52. The zero-order chi connectivity index (χ0) is 20.9. The molecule has 7 nitrogen and oxygen atoms in total. The maximum absolute atomic E-state index is 13.2. The van der Waals surface area contributed by atoms with Crippen molar-refractivity contribution in [2.24, 2.45) is 7.05 Å². The van der Waals surface area contributed by atoms with Crippen LogP contribution in [0.4, 0.5) is 0 Å². The van der Waals surface area contributed by atoms with Gasteiger partial charge in [0.15, 0.2) is 11.5 Å². The van der Waals surface area contributed by atoms with Gasteiger partial charge in [-0.15, -0.1) is 0 Å². The molecule has 0 amide bonds. The van der Waals surface area contributed by atoms with Crippen molar-refractivity contribution in [2.75, 3.05) is 20.8 Å². The summed E-state index contributed by atoms with van der Waals surface area (Å²) < 4.78 is 40.3. The van der Waals surface area contributed by atoms with E-state index in [0.29, 0.717) is 24.5 Å². The number of rotatable bonds is 9. The smallest absolute Gasteiger partial charge is 0.243 e. The highest BCUT2D eigenvalue weighted by Crippen LogP contribution is 2.28. The molecule has 0 saturated carbocycles. The summed E-state index contributed by atoms with van der Waals surface area (Å²) in [6.07, 6.45) is 4.04. The van der Waals surface area contributed by atoms with Crippen LogP contribution in [0.3, 0.4) is 0 Å². The van der Waals surface area contributed by atoms with Crippen LogP contribution < -0.4 is 9.47 Å². The van der Waals surface area contributed by atoms with E-state index in [0.717, 1.165) is 11.1 Å². The van der Waals surface area contributed by atoms with Crippen LogP contribution >= 0.6 is 0 Å². The fraction of sp³-hybridized carbons (Fsp3) is 0.286. The first kappa shape index (κ1) is 20.9. The van der Waals surface area contributed by atoms with E-state index in [4.69, 9.17) is 9.47 Å². The number of nitrogens with zero attached hydrogens (tertiary/aromatic N) is 3. The molecule has 3 aromatic rings. The lowest BCUT2D eigenvalue weighted by Gasteiger charge is -2.22. The van der Waals surface area contributed by atoms with Crippen LogP contribution in [-0.2, 0) is 30.0 Å². The molecule has 0 aliphatic carbocycles. The van der Waals surface area contributed by atoms with E-state index in [9.17, 15) is 8.42 Å². The number of aromatic nitrogens is 2. The molecule has 0 aliphatic rings. The quantitative estimate of drug-likeness (QED) is 0.537. The maximum atomic E-state index is 13.2. The van der Waals surface area contributed by atoms with Crippen molar-refractivity contribution in [1.29, 1.82) is 0 Å². The Morgan fingerprint density at radius 1 is 1.00 bits per heavy atom. The molecule has 0 spiro atoms. The van der Waals surface area contributed by atoms with Gasteiger partial charge in [-0.25, -0.2) is 8.42 Å². The molecule has 8 heteroatoms. The normalized spacial score (nSPS) is 11.6. The van der Waals surface area contributed by atoms with Gasteiger partial charge in [0, 0.05) is 31.9 Å². The van der Waals surface area contributed by atoms with Crippen LogP contribution in [-0.4, -0.2) is 43.3 Å². The molecule has 0 atom stereocenters. The van der Waals surface area contributed by atoms with Gasteiger partial charge in [0.05, 0.1) is 25.3 Å². The largest absolute Gasteiger partial charge is 0.493 e. The Bertz CT molecular complexity index is 1050. The molecule has 1 heterocycles. The highest BCUT2D eigenvalue weighted by atomic mass is 32.2. The molecule has 0 radical (unpaired) electrons. The predicted octanol–water partition coefficient (Wildman–Crippen LogP) is 2.87.